The number of aryl methyl sites for hydroxylation is 1. The molecule has 2 atom stereocenters. The predicted octanol–water partition coefficient (Wildman–Crippen LogP) is 2.72. The molecule has 0 aliphatic heterocycles. The van der Waals surface area contributed by atoms with Crippen LogP contribution in [0.3, 0.4) is 0 Å². The van der Waals surface area contributed by atoms with Gasteiger partial charge in [-0.05, 0) is 44.0 Å². The first-order valence-electron chi connectivity index (χ1n) is 8.91. The highest BCUT2D eigenvalue weighted by Crippen LogP contribution is 2.15. The minimum absolute atomic E-state index is 0.273. The minimum Gasteiger partial charge on any atom is -0.479 e. The molecule has 0 heterocycles. The molecule has 7 nitrogen and oxygen atoms in total. The second-order valence-corrected chi connectivity index (χ2v) is 6.31. The Morgan fingerprint density at radius 1 is 0.964 bits per heavy atom. The van der Waals surface area contributed by atoms with Crippen LogP contribution >= 0.6 is 0 Å². The molecular weight excluding hydrogens is 360 g/mol. The fourth-order valence-corrected chi connectivity index (χ4v) is 2.30. The first-order chi connectivity index (χ1) is 13.3. The van der Waals surface area contributed by atoms with E-state index in [2.05, 4.69) is 10.6 Å². The van der Waals surface area contributed by atoms with Crippen molar-refractivity contribution < 1.29 is 23.9 Å². The second-order valence-electron chi connectivity index (χ2n) is 6.31. The Bertz CT molecular complexity index is 823. The molecule has 3 amide bonds. The summed E-state index contributed by atoms with van der Waals surface area (Å²) < 4.78 is 10.6. The Kier molecular flexibility index (Phi) is 7.56. The molecule has 0 radical (unpaired) electrons. The molecule has 0 aliphatic rings. The van der Waals surface area contributed by atoms with Crippen molar-refractivity contribution in [3.63, 3.8) is 0 Å². The first-order valence-corrected chi connectivity index (χ1v) is 8.91. The first kappa shape index (κ1) is 21.0. The van der Waals surface area contributed by atoms with Crippen LogP contribution in [0.5, 0.6) is 5.75 Å². The third-order valence-corrected chi connectivity index (χ3v) is 3.83. The molecule has 148 valence electrons. The van der Waals surface area contributed by atoms with Gasteiger partial charge in [-0.2, -0.15) is 0 Å². The van der Waals surface area contributed by atoms with Crippen molar-refractivity contribution in [2.45, 2.75) is 39.5 Å². The maximum Gasteiger partial charge on any atom is 0.347 e. The van der Waals surface area contributed by atoms with Gasteiger partial charge in [0.05, 0.1) is 0 Å². The van der Waals surface area contributed by atoms with Gasteiger partial charge in [-0.3, -0.25) is 10.1 Å². The van der Waals surface area contributed by atoms with E-state index in [-0.39, 0.29) is 6.54 Å². The Hall–Kier alpha value is -3.35. The monoisotopic (exact) mass is 384 g/mol. The van der Waals surface area contributed by atoms with E-state index in [9.17, 15) is 14.4 Å². The zero-order chi connectivity index (χ0) is 20.5. The normalized spacial score (nSPS) is 12.4. The van der Waals surface area contributed by atoms with Gasteiger partial charge in [-0.25, -0.2) is 9.59 Å². The van der Waals surface area contributed by atoms with E-state index < -0.39 is 30.1 Å². The smallest absolute Gasteiger partial charge is 0.347 e. The Balaban J connectivity index is 1.77. The van der Waals surface area contributed by atoms with Gasteiger partial charge in [0.1, 0.15) is 5.75 Å². The Morgan fingerprint density at radius 2 is 1.68 bits per heavy atom. The molecule has 2 N–H and O–H groups in total. The van der Waals surface area contributed by atoms with Crippen molar-refractivity contribution >= 4 is 17.9 Å². The Morgan fingerprint density at radius 3 is 2.36 bits per heavy atom. The number of amides is 3. The fraction of sp³-hybridized carbons (Fsp3) is 0.286. The molecule has 0 bridgehead atoms. The third-order valence-electron chi connectivity index (χ3n) is 3.83. The molecule has 0 saturated heterocycles. The maximum atomic E-state index is 12.1. The fourth-order valence-electron chi connectivity index (χ4n) is 2.30. The lowest BCUT2D eigenvalue weighted by Gasteiger charge is -2.17. The van der Waals surface area contributed by atoms with E-state index >= 15 is 0 Å². The molecule has 2 rings (SSSR count). The van der Waals surface area contributed by atoms with E-state index in [1.807, 2.05) is 49.4 Å². The maximum absolute atomic E-state index is 12.1. The highest BCUT2D eigenvalue weighted by Gasteiger charge is 2.24. The van der Waals surface area contributed by atoms with Crippen LogP contribution in [0.2, 0.25) is 0 Å². The van der Waals surface area contributed by atoms with E-state index in [0.717, 1.165) is 11.1 Å². The van der Waals surface area contributed by atoms with Crippen LogP contribution < -0.4 is 15.4 Å². The van der Waals surface area contributed by atoms with Crippen LogP contribution in [0.25, 0.3) is 0 Å². The van der Waals surface area contributed by atoms with Gasteiger partial charge in [-0.1, -0.05) is 42.5 Å². The SMILES string of the molecule is Cc1cccc(O[C@H](C)C(=O)O[C@@H](C)C(=O)NC(=O)NCc2ccccc2)c1. The number of rotatable bonds is 7. The quantitative estimate of drug-likeness (QED) is 0.716. The number of hydrogen-bond donors (Lipinski definition) is 2. The van der Waals surface area contributed by atoms with Gasteiger partial charge in [0.15, 0.2) is 12.2 Å². The predicted molar refractivity (Wildman–Crippen MR) is 104 cm³/mol. The highest BCUT2D eigenvalue weighted by atomic mass is 16.6. The molecule has 2 aromatic rings. The topological polar surface area (TPSA) is 93.7 Å². The summed E-state index contributed by atoms with van der Waals surface area (Å²) in [4.78, 5) is 36.0. The lowest BCUT2D eigenvalue weighted by atomic mass is 10.2. The van der Waals surface area contributed by atoms with E-state index in [1.165, 1.54) is 13.8 Å². The second kappa shape index (κ2) is 10.1. The summed E-state index contributed by atoms with van der Waals surface area (Å²) in [5.74, 6) is -0.891. The van der Waals surface area contributed by atoms with Crippen LogP contribution in [-0.4, -0.2) is 30.1 Å². The number of hydrogen-bond acceptors (Lipinski definition) is 5. The number of imide groups is 1. The van der Waals surface area contributed by atoms with Gasteiger partial charge in [0, 0.05) is 6.54 Å². The van der Waals surface area contributed by atoms with Crippen molar-refractivity contribution in [2.75, 3.05) is 0 Å². The van der Waals surface area contributed by atoms with Crippen LogP contribution in [-0.2, 0) is 20.9 Å². The number of esters is 1. The lowest BCUT2D eigenvalue weighted by Crippen LogP contribution is -2.45. The summed E-state index contributed by atoms with van der Waals surface area (Å²) in [6.45, 7) is 5.10. The van der Waals surface area contributed by atoms with Gasteiger partial charge >= 0.3 is 12.0 Å². The molecule has 7 heteroatoms. The summed E-state index contributed by atoms with van der Waals surface area (Å²) in [6, 6.07) is 15.8. The van der Waals surface area contributed by atoms with Crippen LogP contribution in [0.1, 0.15) is 25.0 Å². The lowest BCUT2D eigenvalue weighted by molar-refractivity contribution is -0.160. The minimum atomic E-state index is -1.14. The number of ether oxygens (including phenoxy) is 2. The van der Waals surface area contributed by atoms with Crippen LogP contribution in [0.15, 0.2) is 54.6 Å². The van der Waals surface area contributed by atoms with Gasteiger partial charge in [0.25, 0.3) is 5.91 Å². The number of carbonyl (C=O) groups excluding carboxylic acids is 3. The summed E-state index contributed by atoms with van der Waals surface area (Å²) >= 11 is 0. The molecule has 28 heavy (non-hydrogen) atoms. The van der Waals surface area contributed by atoms with Crippen molar-refractivity contribution in [3.8, 4) is 5.75 Å². The van der Waals surface area contributed by atoms with Gasteiger partial charge in [-0.15, -0.1) is 0 Å². The number of benzene rings is 2. The van der Waals surface area contributed by atoms with Gasteiger partial charge < -0.3 is 14.8 Å². The zero-order valence-corrected chi connectivity index (χ0v) is 16.1. The van der Waals surface area contributed by atoms with Gasteiger partial charge in [0.2, 0.25) is 0 Å². The molecule has 0 saturated carbocycles. The number of carbonyl (C=O) groups is 3. The average Bonchev–Trinajstić information content (AvgIpc) is 2.67. The number of urea groups is 1. The van der Waals surface area contributed by atoms with E-state index in [1.54, 1.807) is 12.1 Å². The molecular formula is C21H24N2O5. The molecule has 0 fully saturated rings. The van der Waals surface area contributed by atoms with E-state index in [0.29, 0.717) is 5.75 Å². The average molecular weight is 384 g/mol. The van der Waals surface area contributed by atoms with Crippen molar-refractivity contribution in [3.05, 3.63) is 65.7 Å². The summed E-state index contributed by atoms with van der Waals surface area (Å²) in [5, 5.41) is 4.71. The summed E-state index contributed by atoms with van der Waals surface area (Å²) in [5.41, 5.74) is 1.89. The standard InChI is InChI=1S/C21H24N2O5/c1-14-8-7-11-18(12-14)27-16(3)20(25)28-15(2)19(24)23-21(26)22-13-17-9-5-4-6-10-17/h4-12,15-16H,13H2,1-3H3,(H2,22,23,24,26)/t15-,16+/m0/s1. The molecule has 0 spiro atoms. The summed E-state index contributed by atoms with van der Waals surface area (Å²) in [7, 11) is 0. The zero-order valence-electron chi connectivity index (χ0n) is 16.1. The molecule has 0 unspecified atom stereocenters. The van der Waals surface area contributed by atoms with Crippen molar-refractivity contribution in [2.24, 2.45) is 0 Å². The largest absolute Gasteiger partial charge is 0.479 e. The Labute approximate surface area is 164 Å². The summed E-state index contributed by atoms with van der Waals surface area (Å²) in [6.07, 6.45) is -2.04. The third kappa shape index (κ3) is 6.75. The molecule has 2 aromatic carbocycles. The van der Waals surface area contributed by atoms with Crippen molar-refractivity contribution in [1.82, 2.24) is 10.6 Å². The molecule has 0 aliphatic carbocycles. The van der Waals surface area contributed by atoms with Crippen LogP contribution in [0.4, 0.5) is 4.79 Å². The van der Waals surface area contributed by atoms with Crippen LogP contribution in [0, 0.1) is 6.92 Å². The molecule has 0 aromatic heterocycles. The number of nitrogens with one attached hydrogen (secondary N) is 2. The highest BCUT2D eigenvalue weighted by molar-refractivity contribution is 5.97. The van der Waals surface area contributed by atoms with Crippen molar-refractivity contribution in [1.29, 1.82) is 0 Å². The van der Waals surface area contributed by atoms with E-state index in [4.69, 9.17) is 9.47 Å².